The number of fused-ring (bicyclic) bond motifs is 1. The molecule has 1 aromatic rings. The lowest BCUT2D eigenvalue weighted by molar-refractivity contribution is -0.138. The predicted octanol–water partition coefficient (Wildman–Crippen LogP) is 1.00. The van der Waals surface area contributed by atoms with Gasteiger partial charge in [0.25, 0.3) is 10.0 Å². The van der Waals surface area contributed by atoms with Crippen molar-refractivity contribution in [2.24, 2.45) is 0 Å². The number of halogens is 1. The van der Waals surface area contributed by atoms with Crippen LogP contribution in [0.4, 0.5) is 0 Å². The lowest BCUT2D eigenvalue weighted by Crippen LogP contribution is -2.36. The number of hydrogen-bond donors (Lipinski definition) is 1. The average molecular weight is 338 g/mol. The van der Waals surface area contributed by atoms with Crippen LogP contribution in [0.25, 0.3) is 5.57 Å². The molecule has 2 rings (SSSR count). The second kappa shape index (κ2) is 4.76. The Labute approximate surface area is 123 Å². The van der Waals surface area contributed by atoms with E-state index in [9.17, 15) is 23.1 Å². The minimum absolute atomic E-state index is 0.0824. The molecule has 10 heteroatoms. The second-order valence-corrected chi connectivity index (χ2v) is 7.36. The van der Waals surface area contributed by atoms with Crippen LogP contribution in [0.2, 0.25) is 4.34 Å². The molecule has 0 saturated carbocycles. The van der Waals surface area contributed by atoms with E-state index in [1.54, 1.807) is 0 Å². The zero-order chi connectivity index (χ0) is 15.2. The molecule has 0 atom stereocenters. The molecule has 0 saturated heterocycles. The van der Waals surface area contributed by atoms with Crippen LogP contribution in [0.15, 0.2) is 16.7 Å². The summed E-state index contributed by atoms with van der Waals surface area (Å²) in [5.41, 5.74) is -0.993. The number of esters is 1. The number of methoxy groups -OCH3 is 1. The van der Waals surface area contributed by atoms with Crippen molar-refractivity contribution in [1.29, 1.82) is 0 Å². The van der Waals surface area contributed by atoms with Gasteiger partial charge in [0.1, 0.15) is 10.5 Å². The quantitative estimate of drug-likeness (QED) is 0.808. The maximum Gasteiger partial charge on any atom is 0.356 e. The Hall–Kier alpha value is -1.58. The van der Waals surface area contributed by atoms with Gasteiger partial charge in [-0.05, 0) is 6.07 Å². The molecule has 1 aromatic heterocycles. The van der Waals surface area contributed by atoms with Gasteiger partial charge in [0, 0.05) is 7.05 Å². The fraction of sp³-hybridized carbons (Fsp3) is 0.200. The first kappa shape index (κ1) is 14.8. The van der Waals surface area contributed by atoms with Gasteiger partial charge in [-0.1, -0.05) is 11.6 Å². The highest BCUT2D eigenvalue weighted by molar-refractivity contribution is 7.89. The van der Waals surface area contributed by atoms with E-state index < -0.39 is 33.2 Å². The largest absolute Gasteiger partial charge is 0.478 e. The second-order valence-electron chi connectivity index (χ2n) is 3.74. The van der Waals surface area contributed by atoms with E-state index in [1.807, 2.05) is 0 Å². The number of aliphatic carboxylic acids is 1. The summed E-state index contributed by atoms with van der Waals surface area (Å²) in [5, 5.41) is 9.27. The van der Waals surface area contributed by atoms with E-state index in [-0.39, 0.29) is 14.1 Å². The van der Waals surface area contributed by atoms with E-state index in [4.69, 9.17) is 11.6 Å². The number of carbonyl (C=O) groups excluding carboxylic acids is 1. The molecule has 0 unspecified atom stereocenters. The Kier molecular flexibility index (Phi) is 3.53. The number of hydrogen-bond acceptors (Lipinski definition) is 6. The summed E-state index contributed by atoms with van der Waals surface area (Å²) in [6.07, 6.45) is 0. The zero-order valence-corrected chi connectivity index (χ0v) is 12.6. The third-order valence-corrected chi connectivity index (χ3v) is 5.87. The van der Waals surface area contributed by atoms with E-state index in [0.29, 0.717) is 4.31 Å². The molecule has 108 valence electrons. The molecule has 1 N–H and O–H groups in total. The predicted molar refractivity (Wildman–Crippen MR) is 70.8 cm³/mol. The van der Waals surface area contributed by atoms with Crippen LogP contribution in [0.5, 0.6) is 0 Å². The third-order valence-electron chi connectivity index (χ3n) is 2.68. The number of rotatable bonds is 2. The van der Waals surface area contributed by atoms with Crippen molar-refractivity contribution in [3.8, 4) is 0 Å². The Balaban J connectivity index is 2.91. The summed E-state index contributed by atoms with van der Waals surface area (Å²) in [5.74, 6) is -2.49. The van der Waals surface area contributed by atoms with Crippen LogP contribution in [-0.4, -0.2) is 43.9 Å². The summed E-state index contributed by atoms with van der Waals surface area (Å²) in [6.45, 7) is 0. The van der Waals surface area contributed by atoms with Gasteiger partial charge in [-0.15, -0.1) is 11.3 Å². The highest BCUT2D eigenvalue weighted by Gasteiger charge is 2.42. The fourth-order valence-electron chi connectivity index (χ4n) is 1.77. The van der Waals surface area contributed by atoms with Crippen molar-refractivity contribution in [3.05, 3.63) is 21.0 Å². The van der Waals surface area contributed by atoms with Crippen LogP contribution in [0.1, 0.15) is 4.88 Å². The maximum absolute atomic E-state index is 12.3. The first-order valence-electron chi connectivity index (χ1n) is 5.06. The van der Waals surface area contributed by atoms with Crippen molar-refractivity contribution in [2.45, 2.75) is 4.90 Å². The number of likely N-dealkylation sites (N-methyl/N-ethyl adjacent to an activating group) is 1. The zero-order valence-electron chi connectivity index (χ0n) is 10.2. The van der Waals surface area contributed by atoms with Crippen molar-refractivity contribution in [2.75, 3.05) is 14.2 Å². The SMILES string of the molecule is COC(=O)C1=C(C(=O)O)c2sc(Cl)cc2S(=O)(=O)N1C. The molecule has 0 radical (unpaired) electrons. The Morgan fingerprint density at radius 2 is 2.05 bits per heavy atom. The monoisotopic (exact) mass is 337 g/mol. The van der Waals surface area contributed by atoms with Gasteiger partial charge in [0.05, 0.1) is 16.3 Å². The van der Waals surface area contributed by atoms with Crippen LogP contribution in [-0.2, 0) is 24.3 Å². The summed E-state index contributed by atoms with van der Waals surface area (Å²) in [4.78, 5) is 22.8. The molecule has 0 fully saturated rings. The van der Waals surface area contributed by atoms with Crippen molar-refractivity contribution < 1.29 is 27.9 Å². The standard InChI is InChI=1S/C10H8ClNO6S2/c1-12-7(10(15)18-2)6(9(13)14)8-4(20(12,16)17)3-5(11)19-8/h3H,1-2H3,(H,13,14). The first-order valence-corrected chi connectivity index (χ1v) is 7.69. The topological polar surface area (TPSA) is 101 Å². The third kappa shape index (κ3) is 1.98. The molecule has 0 spiro atoms. The van der Waals surface area contributed by atoms with Gasteiger partial charge in [-0.25, -0.2) is 18.0 Å². The Bertz CT molecular complexity index is 748. The molecule has 2 heterocycles. The maximum atomic E-state index is 12.3. The Morgan fingerprint density at radius 1 is 1.45 bits per heavy atom. The molecular formula is C10H8ClNO6S2. The normalized spacial score (nSPS) is 16.9. The summed E-state index contributed by atoms with van der Waals surface area (Å²) >= 11 is 6.54. The number of sulfonamides is 1. The van der Waals surface area contributed by atoms with E-state index in [2.05, 4.69) is 4.74 Å². The highest BCUT2D eigenvalue weighted by Crippen LogP contribution is 2.42. The molecule has 0 bridgehead atoms. The van der Waals surface area contributed by atoms with Gasteiger partial charge >= 0.3 is 11.9 Å². The highest BCUT2D eigenvalue weighted by atomic mass is 35.5. The number of nitrogens with zero attached hydrogens (tertiary/aromatic N) is 1. The molecule has 0 aromatic carbocycles. The molecule has 1 aliphatic rings. The molecule has 0 aliphatic carbocycles. The van der Waals surface area contributed by atoms with Crippen molar-refractivity contribution in [1.82, 2.24) is 4.31 Å². The molecular weight excluding hydrogens is 330 g/mol. The molecule has 7 nitrogen and oxygen atoms in total. The lowest BCUT2D eigenvalue weighted by atomic mass is 10.1. The van der Waals surface area contributed by atoms with Gasteiger partial charge in [0.2, 0.25) is 0 Å². The summed E-state index contributed by atoms with van der Waals surface area (Å²) < 4.78 is 29.7. The Morgan fingerprint density at radius 3 is 2.55 bits per heavy atom. The van der Waals surface area contributed by atoms with Gasteiger partial charge in [-0.3, -0.25) is 4.31 Å². The first-order chi connectivity index (χ1) is 9.21. The number of thiophene rings is 1. The van der Waals surface area contributed by atoms with Crippen molar-refractivity contribution in [3.63, 3.8) is 0 Å². The number of ether oxygens (including phenoxy) is 1. The summed E-state index contributed by atoms with van der Waals surface area (Å²) in [6, 6.07) is 1.16. The van der Waals surface area contributed by atoms with Crippen LogP contribution >= 0.6 is 22.9 Å². The minimum atomic E-state index is -4.03. The lowest BCUT2D eigenvalue weighted by Gasteiger charge is -2.26. The fourth-order valence-corrected chi connectivity index (χ4v) is 4.81. The minimum Gasteiger partial charge on any atom is -0.478 e. The number of carboxylic acids is 1. The van der Waals surface area contributed by atoms with E-state index in [0.717, 1.165) is 31.6 Å². The van der Waals surface area contributed by atoms with Crippen molar-refractivity contribution >= 4 is 50.5 Å². The van der Waals surface area contributed by atoms with E-state index in [1.165, 1.54) is 0 Å². The van der Waals surface area contributed by atoms with Gasteiger partial charge < -0.3 is 9.84 Å². The van der Waals surface area contributed by atoms with Gasteiger partial charge in [-0.2, -0.15) is 0 Å². The van der Waals surface area contributed by atoms with Crippen LogP contribution < -0.4 is 0 Å². The summed E-state index contributed by atoms with van der Waals surface area (Å²) in [7, 11) is -1.92. The smallest absolute Gasteiger partial charge is 0.356 e. The van der Waals surface area contributed by atoms with Gasteiger partial charge in [0.15, 0.2) is 5.70 Å². The molecule has 0 amide bonds. The van der Waals surface area contributed by atoms with Crippen LogP contribution in [0, 0.1) is 0 Å². The number of carbonyl (C=O) groups is 2. The van der Waals surface area contributed by atoms with Crippen LogP contribution in [0.3, 0.4) is 0 Å². The molecule has 1 aliphatic heterocycles. The number of carboxylic acid groups (broad SMARTS) is 1. The van der Waals surface area contributed by atoms with E-state index >= 15 is 0 Å². The molecule has 20 heavy (non-hydrogen) atoms. The average Bonchev–Trinajstić information content (AvgIpc) is 2.75.